The zero-order valence-corrected chi connectivity index (χ0v) is 22.6. The lowest BCUT2D eigenvalue weighted by Gasteiger charge is -2.27. The van der Waals surface area contributed by atoms with Crippen molar-refractivity contribution in [1.82, 2.24) is 10.6 Å². The summed E-state index contributed by atoms with van der Waals surface area (Å²) in [6.45, 7) is 1.01. The Balaban J connectivity index is 1.69. The number of para-hydroxylation sites is 2. The number of nitrogens with one attached hydrogen (secondary N) is 2. The number of ketones is 1. The summed E-state index contributed by atoms with van der Waals surface area (Å²) in [6, 6.07) is 6.09. The van der Waals surface area contributed by atoms with Crippen LogP contribution in [-0.4, -0.2) is 60.9 Å². The van der Waals surface area contributed by atoms with Gasteiger partial charge in [-0.3, -0.25) is 24.5 Å². The highest BCUT2D eigenvalue weighted by molar-refractivity contribution is 7.92. The van der Waals surface area contributed by atoms with E-state index in [1.807, 2.05) is 0 Å². The fourth-order valence-electron chi connectivity index (χ4n) is 4.79. The first-order valence-corrected chi connectivity index (χ1v) is 14.4. The van der Waals surface area contributed by atoms with Crippen molar-refractivity contribution in [2.75, 3.05) is 11.4 Å². The van der Waals surface area contributed by atoms with E-state index in [9.17, 15) is 46.1 Å². The van der Waals surface area contributed by atoms with Crippen molar-refractivity contribution < 1.29 is 40.9 Å². The second-order valence-corrected chi connectivity index (χ2v) is 12.1. The van der Waals surface area contributed by atoms with Gasteiger partial charge >= 0.3 is 6.18 Å². The lowest BCUT2D eigenvalue weighted by molar-refractivity contribution is -0.384. The zero-order chi connectivity index (χ0) is 30.1. The Kier molecular flexibility index (Phi) is 8.38. The Hall–Kier alpha value is -4.01. The van der Waals surface area contributed by atoms with Crippen LogP contribution >= 0.6 is 0 Å². The van der Waals surface area contributed by atoms with E-state index < -0.39 is 85.0 Å². The van der Waals surface area contributed by atoms with E-state index in [1.165, 1.54) is 18.2 Å². The summed E-state index contributed by atoms with van der Waals surface area (Å²) in [5.74, 6) is -2.69. The predicted molar refractivity (Wildman–Crippen MR) is 140 cm³/mol. The Morgan fingerprint density at radius 3 is 2.34 bits per heavy atom. The molecule has 11 nitrogen and oxygen atoms in total. The van der Waals surface area contributed by atoms with Crippen molar-refractivity contribution in [2.24, 2.45) is 0 Å². The molecule has 41 heavy (non-hydrogen) atoms. The standard InChI is InChI=1S/C26H27F3N4O7S/c1-2-18(23(34)25(36)30-15-11-12-15)31-24(35)21-13-16(14-32(21)19-8-4-5-9-20(19)33(37)38)41(39,40)22-10-6-3-7-17(22)26(27,28)29/h3-10,15-16,18,21H,2,11-14H2,1H3,(H,30,36)(H,31,35). The maximum atomic E-state index is 13.7. The predicted octanol–water partition coefficient (Wildman–Crippen LogP) is 2.78. The topological polar surface area (TPSA) is 156 Å². The molecule has 1 saturated heterocycles. The molecule has 1 aliphatic heterocycles. The zero-order valence-electron chi connectivity index (χ0n) is 21.8. The molecular formula is C26H27F3N4O7S. The molecule has 3 unspecified atom stereocenters. The molecule has 2 aromatic rings. The third kappa shape index (κ3) is 6.34. The van der Waals surface area contributed by atoms with Gasteiger partial charge in [0.1, 0.15) is 11.7 Å². The molecule has 3 atom stereocenters. The summed E-state index contributed by atoms with van der Waals surface area (Å²) in [4.78, 5) is 49.7. The normalized spacial score (nSPS) is 19.9. The summed E-state index contributed by atoms with van der Waals surface area (Å²) < 4.78 is 68.1. The number of Topliss-reactive ketones (excluding diaryl/α,β-unsaturated/α-hetero) is 1. The molecular weight excluding hydrogens is 569 g/mol. The molecule has 1 aliphatic carbocycles. The SMILES string of the molecule is CCC(NC(=O)C1CC(S(=O)(=O)c2ccccc2C(F)(F)F)CN1c1ccccc1[N+](=O)[O-])C(=O)C(=O)NC1CC1. The number of carbonyl (C=O) groups is 3. The van der Waals surface area contributed by atoms with Crippen molar-refractivity contribution in [1.29, 1.82) is 0 Å². The Morgan fingerprint density at radius 2 is 1.73 bits per heavy atom. The Bertz CT molecular complexity index is 1480. The van der Waals surface area contributed by atoms with Crippen LogP contribution in [-0.2, 0) is 30.4 Å². The molecule has 0 aromatic heterocycles. The van der Waals surface area contributed by atoms with Gasteiger partial charge in [0.05, 0.1) is 26.7 Å². The maximum absolute atomic E-state index is 13.7. The van der Waals surface area contributed by atoms with E-state index in [0.29, 0.717) is 6.07 Å². The molecule has 0 radical (unpaired) electrons. The van der Waals surface area contributed by atoms with Crippen LogP contribution in [0.5, 0.6) is 0 Å². The van der Waals surface area contributed by atoms with Crippen LogP contribution in [0.15, 0.2) is 53.4 Å². The first-order chi connectivity index (χ1) is 19.3. The minimum atomic E-state index is -4.98. The molecule has 2 amide bonds. The van der Waals surface area contributed by atoms with Crippen molar-refractivity contribution in [3.8, 4) is 0 Å². The second kappa shape index (κ2) is 11.5. The Morgan fingerprint density at radius 1 is 1.10 bits per heavy atom. The van der Waals surface area contributed by atoms with Gasteiger partial charge < -0.3 is 15.5 Å². The highest BCUT2D eigenvalue weighted by Gasteiger charge is 2.48. The average Bonchev–Trinajstić information content (AvgIpc) is 3.63. The number of rotatable bonds is 10. The van der Waals surface area contributed by atoms with Gasteiger partial charge in [-0.1, -0.05) is 31.2 Å². The summed E-state index contributed by atoms with van der Waals surface area (Å²) >= 11 is 0. The van der Waals surface area contributed by atoms with Gasteiger partial charge in [0.15, 0.2) is 9.84 Å². The van der Waals surface area contributed by atoms with E-state index in [-0.39, 0.29) is 18.2 Å². The molecule has 2 aliphatic rings. The summed E-state index contributed by atoms with van der Waals surface area (Å²) in [7, 11) is -4.71. The third-order valence-corrected chi connectivity index (χ3v) is 9.26. The number of nitro groups is 1. The van der Waals surface area contributed by atoms with Crippen molar-refractivity contribution >= 4 is 38.8 Å². The fraction of sp³-hybridized carbons (Fsp3) is 0.423. The first-order valence-electron chi connectivity index (χ1n) is 12.8. The van der Waals surface area contributed by atoms with Crippen LogP contribution in [0.25, 0.3) is 0 Å². The van der Waals surface area contributed by atoms with Crippen molar-refractivity contribution in [2.45, 2.75) is 67.1 Å². The van der Waals surface area contributed by atoms with Gasteiger partial charge in [0.2, 0.25) is 11.7 Å². The molecule has 1 heterocycles. The summed E-state index contributed by atoms with van der Waals surface area (Å²) in [5, 5.41) is 15.2. The molecule has 2 N–H and O–H groups in total. The smallest absolute Gasteiger partial charge is 0.353 e. The number of carbonyl (C=O) groups excluding carboxylic acids is 3. The number of benzene rings is 2. The highest BCUT2D eigenvalue weighted by Crippen LogP contribution is 2.40. The van der Waals surface area contributed by atoms with Crippen molar-refractivity contribution in [3.05, 3.63) is 64.2 Å². The second-order valence-electron chi connectivity index (χ2n) is 9.89. The fourth-order valence-corrected chi connectivity index (χ4v) is 6.70. The van der Waals surface area contributed by atoms with Gasteiger partial charge in [-0.15, -0.1) is 0 Å². The molecule has 1 saturated carbocycles. The van der Waals surface area contributed by atoms with Crippen LogP contribution < -0.4 is 15.5 Å². The summed E-state index contributed by atoms with van der Waals surface area (Å²) in [6.07, 6.45) is -4.04. The van der Waals surface area contributed by atoms with E-state index in [4.69, 9.17) is 0 Å². The number of amides is 2. The number of nitrogens with zero attached hydrogens (tertiary/aromatic N) is 2. The molecule has 2 fully saturated rings. The van der Waals surface area contributed by atoms with Crippen LogP contribution in [0.4, 0.5) is 24.5 Å². The van der Waals surface area contributed by atoms with Gasteiger partial charge in [-0.2, -0.15) is 13.2 Å². The van der Waals surface area contributed by atoms with Crippen LogP contribution in [0.3, 0.4) is 0 Å². The average molecular weight is 597 g/mol. The van der Waals surface area contributed by atoms with Crippen LogP contribution in [0.2, 0.25) is 0 Å². The molecule has 0 spiro atoms. The minimum Gasteiger partial charge on any atom is -0.353 e. The highest BCUT2D eigenvalue weighted by atomic mass is 32.2. The number of anilines is 1. The number of halogens is 3. The molecule has 15 heteroatoms. The first kappa shape index (κ1) is 30.0. The number of hydrogen-bond acceptors (Lipinski definition) is 8. The minimum absolute atomic E-state index is 0.0154. The van der Waals surface area contributed by atoms with Gasteiger partial charge in [-0.25, -0.2) is 8.42 Å². The lowest BCUT2D eigenvalue weighted by atomic mass is 10.1. The largest absolute Gasteiger partial charge is 0.417 e. The quantitative estimate of drug-likeness (QED) is 0.241. The van der Waals surface area contributed by atoms with Crippen LogP contribution in [0, 0.1) is 10.1 Å². The maximum Gasteiger partial charge on any atom is 0.417 e. The number of sulfone groups is 1. The van der Waals surface area contributed by atoms with Gasteiger partial charge in [0.25, 0.3) is 11.6 Å². The lowest BCUT2D eigenvalue weighted by Crippen LogP contribution is -2.52. The number of hydrogen-bond donors (Lipinski definition) is 2. The molecule has 4 rings (SSSR count). The van der Waals surface area contributed by atoms with Gasteiger partial charge in [0, 0.05) is 18.7 Å². The number of alkyl halides is 3. The van der Waals surface area contributed by atoms with E-state index in [0.717, 1.165) is 42.0 Å². The van der Waals surface area contributed by atoms with E-state index >= 15 is 0 Å². The monoisotopic (exact) mass is 596 g/mol. The third-order valence-electron chi connectivity index (χ3n) is 7.07. The van der Waals surface area contributed by atoms with E-state index in [1.54, 1.807) is 6.92 Å². The molecule has 220 valence electrons. The van der Waals surface area contributed by atoms with Crippen molar-refractivity contribution in [3.63, 3.8) is 0 Å². The summed E-state index contributed by atoms with van der Waals surface area (Å²) in [5.41, 5.74) is -1.94. The molecule has 2 aromatic carbocycles. The van der Waals surface area contributed by atoms with E-state index in [2.05, 4.69) is 10.6 Å². The van der Waals surface area contributed by atoms with Gasteiger partial charge in [-0.05, 0) is 43.9 Å². The Labute approximate surface area is 233 Å². The molecule has 0 bridgehead atoms. The number of nitro benzene ring substituents is 1. The van der Waals surface area contributed by atoms with Crippen LogP contribution in [0.1, 0.15) is 38.2 Å².